The molecule has 0 radical (unpaired) electrons. The maximum atomic E-state index is 13.0. The highest BCUT2D eigenvalue weighted by Crippen LogP contribution is 2.23. The largest absolute Gasteiger partial charge is 0.338 e. The second kappa shape index (κ2) is 7.17. The van der Waals surface area contributed by atoms with Gasteiger partial charge in [-0.1, -0.05) is 18.2 Å². The molecule has 4 aromatic rings. The van der Waals surface area contributed by atoms with E-state index in [1.54, 1.807) is 12.3 Å². The minimum atomic E-state index is -0.414. The number of aromatic nitrogens is 3. The highest BCUT2D eigenvalue weighted by atomic mass is 19.1. The minimum absolute atomic E-state index is 0.185. The number of para-hydroxylation sites is 1. The van der Waals surface area contributed by atoms with Gasteiger partial charge in [-0.3, -0.25) is 9.78 Å². The lowest BCUT2D eigenvalue weighted by molar-refractivity contribution is 0.102. The Hall–Kier alpha value is -3.87. The van der Waals surface area contributed by atoms with Gasteiger partial charge in [0.1, 0.15) is 23.7 Å². The first kappa shape index (κ1) is 16.6. The second-order valence-corrected chi connectivity index (χ2v) is 5.76. The van der Waals surface area contributed by atoms with E-state index in [9.17, 15) is 9.18 Å². The number of nitrogens with zero attached hydrogens (tertiary/aromatic N) is 3. The van der Waals surface area contributed by atoms with Crippen LogP contribution in [-0.4, -0.2) is 20.9 Å². The molecule has 27 heavy (non-hydrogen) atoms. The summed E-state index contributed by atoms with van der Waals surface area (Å²) in [5.74, 6) is -0.319. The van der Waals surface area contributed by atoms with E-state index in [4.69, 9.17) is 0 Å². The van der Waals surface area contributed by atoms with Crippen LogP contribution in [0.5, 0.6) is 0 Å². The van der Waals surface area contributed by atoms with Gasteiger partial charge in [0, 0.05) is 23.3 Å². The van der Waals surface area contributed by atoms with Crippen LogP contribution in [0.4, 0.5) is 21.6 Å². The van der Waals surface area contributed by atoms with Gasteiger partial charge in [0.2, 0.25) is 0 Å². The van der Waals surface area contributed by atoms with Crippen molar-refractivity contribution < 1.29 is 9.18 Å². The van der Waals surface area contributed by atoms with E-state index in [0.717, 1.165) is 16.6 Å². The molecule has 0 aliphatic carbocycles. The lowest BCUT2D eigenvalue weighted by atomic mass is 10.2. The molecule has 1 amide bonds. The molecule has 2 heterocycles. The number of pyridine rings is 1. The third-order valence-electron chi connectivity index (χ3n) is 3.90. The van der Waals surface area contributed by atoms with Crippen molar-refractivity contribution in [1.29, 1.82) is 0 Å². The third-order valence-corrected chi connectivity index (χ3v) is 3.90. The Bertz CT molecular complexity index is 1110. The van der Waals surface area contributed by atoms with E-state index in [0.29, 0.717) is 11.5 Å². The van der Waals surface area contributed by atoms with Gasteiger partial charge in [-0.25, -0.2) is 14.4 Å². The summed E-state index contributed by atoms with van der Waals surface area (Å²) in [6, 6.07) is 16.7. The zero-order chi connectivity index (χ0) is 18.6. The summed E-state index contributed by atoms with van der Waals surface area (Å²) in [6.45, 7) is 0. The first-order chi connectivity index (χ1) is 13.2. The van der Waals surface area contributed by atoms with Crippen molar-refractivity contribution in [1.82, 2.24) is 15.0 Å². The molecule has 0 spiro atoms. The standard InChI is InChI=1S/C20H14FN5O/c21-14-6-8-15(9-7-14)25-20(27)17-11-18(24-12-23-17)26-16-5-1-3-13-4-2-10-22-19(13)16/h1-12H,(H,25,27)(H,23,24,26). The maximum absolute atomic E-state index is 13.0. The lowest BCUT2D eigenvalue weighted by Crippen LogP contribution is -2.14. The molecule has 0 atom stereocenters. The van der Waals surface area contributed by atoms with Crippen molar-refractivity contribution in [3.05, 3.63) is 84.7 Å². The molecule has 7 heteroatoms. The zero-order valence-electron chi connectivity index (χ0n) is 14.1. The normalized spacial score (nSPS) is 10.6. The van der Waals surface area contributed by atoms with Crippen molar-refractivity contribution in [3.63, 3.8) is 0 Å². The fourth-order valence-corrected chi connectivity index (χ4v) is 2.62. The first-order valence-electron chi connectivity index (χ1n) is 8.19. The molecule has 0 aliphatic rings. The smallest absolute Gasteiger partial charge is 0.274 e. The molecule has 132 valence electrons. The van der Waals surface area contributed by atoms with Crippen molar-refractivity contribution in [2.75, 3.05) is 10.6 Å². The third kappa shape index (κ3) is 3.72. The fourth-order valence-electron chi connectivity index (χ4n) is 2.62. The molecule has 0 fully saturated rings. The van der Waals surface area contributed by atoms with Gasteiger partial charge in [-0.15, -0.1) is 0 Å². The molecular formula is C20H14FN5O. The number of carbonyl (C=O) groups is 1. The highest BCUT2D eigenvalue weighted by Gasteiger charge is 2.10. The van der Waals surface area contributed by atoms with E-state index in [1.165, 1.54) is 30.6 Å². The zero-order valence-corrected chi connectivity index (χ0v) is 14.1. The molecule has 0 saturated heterocycles. The molecule has 0 saturated carbocycles. The number of anilines is 3. The lowest BCUT2D eigenvalue weighted by Gasteiger charge is -2.09. The molecule has 2 aromatic heterocycles. The van der Waals surface area contributed by atoms with E-state index >= 15 is 0 Å². The van der Waals surface area contributed by atoms with Crippen LogP contribution in [0.15, 0.2) is 73.2 Å². The van der Waals surface area contributed by atoms with Crippen LogP contribution >= 0.6 is 0 Å². The molecular weight excluding hydrogens is 345 g/mol. The number of benzene rings is 2. The van der Waals surface area contributed by atoms with Gasteiger partial charge < -0.3 is 10.6 Å². The number of hydrogen-bond donors (Lipinski definition) is 2. The number of fused-ring (bicyclic) bond motifs is 1. The van der Waals surface area contributed by atoms with Crippen LogP contribution in [0.2, 0.25) is 0 Å². The summed E-state index contributed by atoms with van der Waals surface area (Å²) < 4.78 is 13.0. The van der Waals surface area contributed by atoms with Gasteiger partial charge >= 0.3 is 0 Å². The van der Waals surface area contributed by atoms with Crippen LogP contribution in [0.25, 0.3) is 10.9 Å². The summed E-state index contributed by atoms with van der Waals surface area (Å²) in [7, 11) is 0. The van der Waals surface area contributed by atoms with Crippen molar-refractivity contribution in [2.24, 2.45) is 0 Å². The van der Waals surface area contributed by atoms with Crippen molar-refractivity contribution >= 4 is 34.0 Å². The summed E-state index contributed by atoms with van der Waals surface area (Å²) in [6.07, 6.45) is 3.02. The molecule has 0 aliphatic heterocycles. The average Bonchev–Trinajstić information content (AvgIpc) is 2.70. The Morgan fingerprint density at radius 3 is 2.59 bits per heavy atom. The van der Waals surface area contributed by atoms with Gasteiger partial charge in [-0.2, -0.15) is 0 Å². The SMILES string of the molecule is O=C(Nc1ccc(F)cc1)c1cc(Nc2cccc3cccnc23)ncn1. The molecule has 0 bridgehead atoms. The Morgan fingerprint density at radius 1 is 0.926 bits per heavy atom. The van der Waals surface area contributed by atoms with Crippen molar-refractivity contribution in [3.8, 4) is 0 Å². The Balaban J connectivity index is 1.57. The van der Waals surface area contributed by atoms with Crippen LogP contribution in [0.1, 0.15) is 10.5 Å². The molecule has 0 unspecified atom stereocenters. The number of halogens is 1. The highest BCUT2D eigenvalue weighted by molar-refractivity contribution is 6.03. The summed E-state index contributed by atoms with van der Waals surface area (Å²) in [5, 5.41) is 6.83. The fraction of sp³-hybridized carbons (Fsp3) is 0. The number of carbonyl (C=O) groups excluding carboxylic acids is 1. The second-order valence-electron chi connectivity index (χ2n) is 5.76. The van der Waals surface area contributed by atoms with Crippen LogP contribution in [0.3, 0.4) is 0 Å². The van der Waals surface area contributed by atoms with Gasteiger partial charge in [0.05, 0.1) is 11.2 Å². The summed E-state index contributed by atoms with van der Waals surface area (Å²) >= 11 is 0. The van der Waals surface area contributed by atoms with Gasteiger partial charge in [0.25, 0.3) is 5.91 Å². The average molecular weight is 359 g/mol. The van der Waals surface area contributed by atoms with Gasteiger partial charge in [0.15, 0.2) is 0 Å². The Labute approximate surface area is 154 Å². The quantitative estimate of drug-likeness (QED) is 0.572. The minimum Gasteiger partial charge on any atom is -0.338 e. The first-order valence-corrected chi connectivity index (χ1v) is 8.19. The number of hydrogen-bond acceptors (Lipinski definition) is 5. The Morgan fingerprint density at radius 2 is 1.74 bits per heavy atom. The predicted octanol–water partition coefficient (Wildman–Crippen LogP) is 4.16. The van der Waals surface area contributed by atoms with E-state index in [-0.39, 0.29) is 11.5 Å². The number of rotatable bonds is 4. The maximum Gasteiger partial charge on any atom is 0.274 e. The Kier molecular flexibility index (Phi) is 4.40. The predicted molar refractivity (Wildman–Crippen MR) is 101 cm³/mol. The van der Waals surface area contributed by atoms with Crippen molar-refractivity contribution in [2.45, 2.75) is 0 Å². The topological polar surface area (TPSA) is 79.8 Å². The van der Waals surface area contributed by atoms with Crippen LogP contribution in [-0.2, 0) is 0 Å². The monoisotopic (exact) mass is 359 g/mol. The summed E-state index contributed by atoms with van der Waals surface area (Å²) in [4.78, 5) is 24.9. The number of amides is 1. The van der Waals surface area contributed by atoms with E-state index in [1.807, 2.05) is 30.3 Å². The molecule has 4 rings (SSSR count). The molecule has 2 aromatic carbocycles. The molecule has 2 N–H and O–H groups in total. The molecule has 6 nitrogen and oxygen atoms in total. The van der Waals surface area contributed by atoms with Gasteiger partial charge in [-0.05, 0) is 36.4 Å². The van der Waals surface area contributed by atoms with Crippen LogP contribution in [0, 0.1) is 5.82 Å². The van der Waals surface area contributed by atoms with E-state index < -0.39 is 5.91 Å². The van der Waals surface area contributed by atoms with E-state index in [2.05, 4.69) is 25.6 Å². The summed E-state index contributed by atoms with van der Waals surface area (Å²) in [5.41, 5.74) is 2.24. The number of nitrogens with one attached hydrogen (secondary N) is 2. The van der Waals surface area contributed by atoms with Crippen LogP contribution < -0.4 is 10.6 Å².